The predicted molar refractivity (Wildman–Crippen MR) is 94.7 cm³/mol. The van der Waals surface area contributed by atoms with E-state index in [1.165, 1.54) is 0 Å². The average molecular weight is 349 g/mol. The van der Waals surface area contributed by atoms with E-state index in [0.29, 0.717) is 17.7 Å². The van der Waals surface area contributed by atoms with Crippen molar-refractivity contribution >= 4 is 24.0 Å². The van der Waals surface area contributed by atoms with Crippen LogP contribution in [0.1, 0.15) is 12.5 Å². The topological polar surface area (TPSA) is 76.1 Å². The third kappa shape index (κ3) is 4.21. The van der Waals surface area contributed by atoms with Crippen molar-refractivity contribution in [3.63, 3.8) is 0 Å². The van der Waals surface area contributed by atoms with Gasteiger partial charge in [-0.05, 0) is 55.8 Å². The Bertz CT molecular complexity index is 692. The first-order chi connectivity index (χ1) is 11.1. The zero-order valence-electron chi connectivity index (χ0n) is 13.7. The second-order valence-electron chi connectivity index (χ2n) is 5.81. The van der Waals surface area contributed by atoms with Crippen LogP contribution in [0.15, 0.2) is 36.7 Å². The van der Waals surface area contributed by atoms with Gasteiger partial charge in [0.15, 0.2) is 0 Å². The van der Waals surface area contributed by atoms with Crippen molar-refractivity contribution in [2.75, 3.05) is 18.4 Å². The fourth-order valence-electron chi connectivity index (χ4n) is 2.41. The number of nitrogens with one attached hydrogen (secondary N) is 2. The van der Waals surface area contributed by atoms with Gasteiger partial charge in [-0.15, -0.1) is 12.4 Å². The Kier molecular flexibility index (Phi) is 6.11. The maximum Gasteiger partial charge on any atom is 0.321 e. The minimum atomic E-state index is 0. The molecule has 1 amide bonds. The number of hydrogen-bond donors (Lipinski definition) is 2. The number of aromatic nitrogens is 2. The summed E-state index contributed by atoms with van der Waals surface area (Å²) in [5.74, 6) is 1.13. The zero-order valence-corrected chi connectivity index (χ0v) is 14.5. The third-order valence-electron chi connectivity index (χ3n) is 4.14. The highest BCUT2D eigenvalue weighted by Crippen LogP contribution is 2.25. The lowest BCUT2D eigenvalue weighted by molar-refractivity contribution is -0.121. The monoisotopic (exact) mass is 348 g/mol. The highest BCUT2D eigenvalue weighted by atomic mass is 35.5. The molecule has 1 aromatic heterocycles. The summed E-state index contributed by atoms with van der Waals surface area (Å²) in [7, 11) is 0. The van der Waals surface area contributed by atoms with Crippen LogP contribution < -0.4 is 15.4 Å². The lowest BCUT2D eigenvalue weighted by Crippen LogP contribution is -2.48. The van der Waals surface area contributed by atoms with Crippen LogP contribution in [0.3, 0.4) is 0 Å². The number of ether oxygens (including phenoxy) is 1. The van der Waals surface area contributed by atoms with Crippen molar-refractivity contribution in [2.45, 2.75) is 13.8 Å². The standard InChI is InChI=1S/C17H20N4O2.ClH/c1-11-8-14(23-17-19-6-3-7-20-17)4-5-15(11)21-16(22)12(2)13-9-18-10-13;/h3-8,12-13,18H,9-10H2,1-2H3,(H,21,22);1H. The Morgan fingerprint density at radius 3 is 2.62 bits per heavy atom. The van der Waals surface area contributed by atoms with Crippen molar-refractivity contribution in [3.05, 3.63) is 42.2 Å². The van der Waals surface area contributed by atoms with Crippen LogP contribution in [-0.4, -0.2) is 29.0 Å². The number of benzene rings is 1. The van der Waals surface area contributed by atoms with E-state index in [0.717, 1.165) is 24.3 Å². The number of nitrogens with zero attached hydrogens (tertiary/aromatic N) is 2. The smallest absolute Gasteiger partial charge is 0.321 e. The van der Waals surface area contributed by atoms with Crippen LogP contribution in [0.25, 0.3) is 0 Å². The number of rotatable bonds is 5. The summed E-state index contributed by atoms with van der Waals surface area (Å²) in [6, 6.07) is 7.54. The van der Waals surface area contributed by atoms with Crippen LogP contribution >= 0.6 is 12.4 Å². The number of amides is 1. The maximum atomic E-state index is 12.3. The Morgan fingerprint density at radius 1 is 1.33 bits per heavy atom. The molecule has 0 aliphatic carbocycles. The van der Waals surface area contributed by atoms with E-state index < -0.39 is 0 Å². The van der Waals surface area contributed by atoms with Crippen LogP contribution in [0.4, 0.5) is 5.69 Å². The van der Waals surface area contributed by atoms with Gasteiger partial charge in [0.1, 0.15) is 5.75 Å². The van der Waals surface area contributed by atoms with Gasteiger partial charge in [-0.1, -0.05) is 6.92 Å². The van der Waals surface area contributed by atoms with Crippen molar-refractivity contribution in [3.8, 4) is 11.8 Å². The summed E-state index contributed by atoms with van der Waals surface area (Å²) < 4.78 is 5.59. The molecule has 1 fully saturated rings. The molecule has 0 spiro atoms. The first-order valence-electron chi connectivity index (χ1n) is 7.70. The van der Waals surface area contributed by atoms with E-state index in [2.05, 4.69) is 20.6 Å². The van der Waals surface area contributed by atoms with Crippen molar-refractivity contribution in [1.82, 2.24) is 15.3 Å². The fraction of sp³-hybridized carbons (Fsp3) is 0.353. The Hall–Kier alpha value is -2.18. The van der Waals surface area contributed by atoms with E-state index in [1.54, 1.807) is 24.5 Å². The molecule has 7 heteroatoms. The van der Waals surface area contributed by atoms with Gasteiger partial charge in [0.05, 0.1) is 0 Å². The first-order valence-corrected chi connectivity index (χ1v) is 7.70. The third-order valence-corrected chi connectivity index (χ3v) is 4.14. The largest absolute Gasteiger partial charge is 0.424 e. The average Bonchev–Trinajstić information content (AvgIpc) is 2.49. The Morgan fingerprint density at radius 2 is 2.04 bits per heavy atom. The van der Waals surface area contributed by atoms with E-state index in [4.69, 9.17) is 4.74 Å². The molecule has 2 aromatic rings. The summed E-state index contributed by atoms with van der Waals surface area (Å²) >= 11 is 0. The summed E-state index contributed by atoms with van der Waals surface area (Å²) in [6.45, 7) is 5.74. The van der Waals surface area contributed by atoms with Gasteiger partial charge in [0.25, 0.3) is 0 Å². The number of aryl methyl sites for hydroxylation is 1. The Labute approximate surface area is 147 Å². The molecule has 1 aromatic carbocycles. The molecule has 1 unspecified atom stereocenters. The minimum absolute atomic E-state index is 0. The molecule has 1 atom stereocenters. The molecule has 0 radical (unpaired) electrons. The number of hydrogen-bond acceptors (Lipinski definition) is 5. The molecule has 2 N–H and O–H groups in total. The molecule has 0 saturated carbocycles. The van der Waals surface area contributed by atoms with Crippen molar-refractivity contribution in [1.29, 1.82) is 0 Å². The van der Waals surface area contributed by atoms with E-state index >= 15 is 0 Å². The second kappa shape index (κ2) is 8.08. The van der Waals surface area contributed by atoms with Gasteiger partial charge in [-0.25, -0.2) is 9.97 Å². The zero-order chi connectivity index (χ0) is 16.2. The molecule has 3 rings (SSSR count). The molecule has 0 bridgehead atoms. The number of carbonyl (C=O) groups excluding carboxylic acids is 1. The molecule has 2 heterocycles. The minimum Gasteiger partial charge on any atom is -0.424 e. The fourth-order valence-corrected chi connectivity index (χ4v) is 2.41. The van der Waals surface area contributed by atoms with Gasteiger partial charge < -0.3 is 15.4 Å². The summed E-state index contributed by atoms with van der Waals surface area (Å²) in [4.78, 5) is 20.3. The quantitative estimate of drug-likeness (QED) is 0.869. The predicted octanol–water partition coefficient (Wildman–Crippen LogP) is 2.79. The lowest BCUT2D eigenvalue weighted by Gasteiger charge is -2.31. The summed E-state index contributed by atoms with van der Waals surface area (Å²) in [6.07, 6.45) is 3.25. The maximum absolute atomic E-state index is 12.3. The highest BCUT2D eigenvalue weighted by molar-refractivity contribution is 5.93. The number of anilines is 1. The normalized spacial score (nSPS) is 14.9. The van der Waals surface area contributed by atoms with Crippen molar-refractivity contribution in [2.24, 2.45) is 11.8 Å². The first kappa shape index (κ1) is 18.2. The van der Waals surface area contributed by atoms with Gasteiger partial charge in [-0.2, -0.15) is 0 Å². The highest BCUT2D eigenvalue weighted by Gasteiger charge is 2.28. The lowest BCUT2D eigenvalue weighted by atomic mass is 9.88. The molecule has 24 heavy (non-hydrogen) atoms. The van der Waals surface area contributed by atoms with E-state index in [-0.39, 0.29) is 24.2 Å². The van der Waals surface area contributed by atoms with Gasteiger partial charge in [-0.3, -0.25) is 4.79 Å². The summed E-state index contributed by atoms with van der Waals surface area (Å²) in [5.41, 5.74) is 1.74. The van der Waals surface area contributed by atoms with Crippen LogP contribution in [-0.2, 0) is 4.79 Å². The summed E-state index contributed by atoms with van der Waals surface area (Å²) in [5, 5.41) is 6.19. The van der Waals surface area contributed by atoms with Crippen LogP contribution in [0.5, 0.6) is 11.8 Å². The van der Waals surface area contributed by atoms with Gasteiger partial charge >= 0.3 is 6.01 Å². The SMILES string of the molecule is Cc1cc(Oc2ncccn2)ccc1NC(=O)C(C)C1CNC1.Cl. The number of carbonyl (C=O) groups is 1. The molecule has 6 nitrogen and oxygen atoms in total. The molecule has 128 valence electrons. The van der Waals surface area contributed by atoms with E-state index in [9.17, 15) is 4.79 Å². The molecule has 1 saturated heterocycles. The molecule has 1 aliphatic heterocycles. The number of halogens is 1. The van der Waals surface area contributed by atoms with Gasteiger partial charge in [0.2, 0.25) is 5.91 Å². The van der Waals surface area contributed by atoms with E-state index in [1.807, 2.05) is 26.0 Å². The molecule has 1 aliphatic rings. The molecular weight excluding hydrogens is 328 g/mol. The van der Waals surface area contributed by atoms with Crippen molar-refractivity contribution < 1.29 is 9.53 Å². The molecular formula is C17H21ClN4O2. The Balaban J connectivity index is 0.00000208. The van der Waals surface area contributed by atoms with Gasteiger partial charge in [0, 0.05) is 24.0 Å². The van der Waals surface area contributed by atoms with Crippen LogP contribution in [0.2, 0.25) is 0 Å². The second-order valence-corrected chi connectivity index (χ2v) is 5.81. The van der Waals surface area contributed by atoms with Crippen LogP contribution in [0, 0.1) is 18.8 Å².